The van der Waals surface area contributed by atoms with Gasteiger partial charge < -0.3 is 15.2 Å². The predicted octanol–water partition coefficient (Wildman–Crippen LogP) is 2.44. The number of nitrogens with one attached hydrogen (secondary N) is 1. The summed E-state index contributed by atoms with van der Waals surface area (Å²) in [6, 6.07) is 4.05. The molecule has 1 atom stereocenters. The van der Waals surface area contributed by atoms with Gasteiger partial charge in [-0.15, -0.1) is 0 Å². The highest BCUT2D eigenvalue weighted by Gasteiger charge is 2.19. The fourth-order valence-corrected chi connectivity index (χ4v) is 1.55. The van der Waals surface area contributed by atoms with Gasteiger partial charge >= 0.3 is 12.6 Å². The molecule has 0 saturated carbocycles. The van der Waals surface area contributed by atoms with E-state index in [9.17, 15) is 18.4 Å². The van der Waals surface area contributed by atoms with Gasteiger partial charge in [0, 0.05) is 5.56 Å². The van der Waals surface area contributed by atoms with Crippen LogP contribution < -0.4 is 10.1 Å². The quantitative estimate of drug-likeness (QED) is 0.758. The molecule has 7 heteroatoms. The van der Waals surface area contributed by atoms with E-state index in [2.05, 4.69) is 10.1 Å². The highest BCUT2D eigenvalue weighted by atomic mass is 19.3. The molecule has 0 aliphatic heterocycles. The van der Waals surface area contributed by atoms with Crippen LogP contribution in [0.15, 0.2) is 36.4 Å². The molecule has 1 amide bonds. The maximum Gasteiger partial charge on any atom is 0.387 e. The number of hydrogen-bond acceptors (Lipinski definition) is 3. The number of aliphatic carboxylic acids is 1. The zero-order valence-electron chi connectivity index (χ0n) is 11.3. The Kier molecular flexibility index (Phi) is 6.32. The Bertz CT molecular complexity index is 531. The average Bonchev–Trinajstić information content (AvgIpc) is 2.42. The van der Waals surface area contributed by atoms with Crippen molar-refractivity contribution in [3.05, 3.63) is 42.0 Å². The van der Waals surface area contributed by atoms with E-state index in [1.807, 2.05) is 0 Å². The Labute approximate surface area is 120 Å². The van der Waals surface area contributed by atoms with Crippen molar-refractivity contribution in [2.24, 2.45) is 0 Å². The zero-order valence-corrected chi connectivity index (χ0v) is 11.3. The molecule has 0 aliphatic rings. The van der Waals surface area contributed by atoms with Crippen LogP contribution in [0.1, 0.15) is 23.7 Å². The summed E-state index contributed by atoms with van der Waals surface area (Å²) >= 11 is 0. The molecule has 1 rings (SSSR count). The first-order valence-electron chi connectivity index (χ1n) is 6.13. The van der Waals surface area contributed by atoms with Gasteiger partial charge in [-0.25, -0.2) is 4.79 Å². The number of carbonyl (C=O) groups is 2. The van der Waals surface area contributed by atoms with Crippen molar-refractivity contribution in [3.63, 3.8) is 0 Å². The summed E-state index contributed by atoms with van der Waals surface area (Å²) in [5.41, 5.74) is 0.0416. The van der Waals surface area contributed by atoms with E-state index in [-0.39, 0.29) is 17.7 Å². The van der Waals surface area contributed by atoms with Crippen LogP contribution in [0, 0.1) is 0 Å². The van der Waals surface area contributed by atoms with Crippen LogP contribution in [0.5, 0.6) is 5.75 Å². The number of rotatable bonds is 7. The Hall–Kier alpha value is -2.44. The van der Waals surface area contributed by atoms with Crippen LogP contribution in [0.25, 0.3) is 0 Å². The minimum absolute atomic E-state index is 0.0416. The molecule has 0 saturated heterocycles. The van der Waals surface area contributed by atoms with Crippen molar-refractivity contribution in [2.45, 2.75) is 26.0 Å². The Balaban J connectivity index is 2.80. The molecule has 0 heterocycles. The van der Waals surface area contributed by atoms with E-state index >= 15 is 0 Å². The van der Waals surface area contributed by atoms with Gasteiger partial charge in [-0.05, 0) is 31.5 Å². The minimum atomic E-state index is -3.00. The highest BCUT2D eigenvalue weighted by molar-refractivity contribution is 5.96. The summed E-state index contributed by atoms with van der Waals surface area (Å²) in [6.07, 6.45) is 3.40. The smallest absolute Gasteiger partial charge is 0.387 e. The molecule has 0 bridgehead atoms. The van der Waals surface area contributed by atoms with Crippen molar-refractivity contribution >= 4 is 11.9 Å². The second-order valence-corrected chi connectivity index (χ2v) is 4.08. The second-order valence-electron chi connectivity index (χ2n) is 4.08. The fraction of sp³-hybridized carbons (Fsp3) is 0.286. The molecule has 1 unspecified atom stereocenters. The molecule has 1 aromatic rings. The first-order chi connectivity index (χ1) is 9.93. The van der Waals surface area contributed by atoms with Crippen molar-refractivity contribution in [1.29, 1.82) is 0 Å². The van der Waals surface area contributed by atoms with Crippen LogP contribution >= 0.6 is 0 Å². The number of hydrogen-bond donors (Lipinski definition) is 2. The van der Waals surface area contributed by atoms with E-state index in [1.54, 1.807) is 19.1 Å². The fourth-order valence-electron chi connectivity index (χ4n) is 1.55. The normalized spacial score (nSPS) is 12.4. The van der Waals surface area contributed by atoms with E-state index in [0.29, 0.717) is 0 Å². The number of amides is 1. The van der Waals surface area contributed by atoms with Crippen molar-refractivity contribution in [2.75, 3.05) is 0 Å². The standard InChI is InChI=1S/C14H15F2NO4/c1-2-3-7-11(13(19)20)17-12(18)9-5-4-6-10(8-9)21-14(15)16/h2-6,8,11,14H,7H2,1H3,(H,17,18)(H,19,20)/b3-2+. The molecule has 114 valence electrons. The minimum Gasteiger partial charge on any atom is -0.480 e. The van der Waals surface area contributed by atoms with Gasteiger partial charge in [0.25, 0.3) is 5.91 Å². The van der Waals surface area contributed by atoms with Gasteiger partial charge in [-0.3, -0.25) is 4.79 Å². The Morgan fingerprint density at radius 1 is 1.43 bits per heavy atom. The van der Waals surface area contributed by atoms with E-state index in [1.165, 1.54) is 18.2 Å². The van der Waals surface area contributed by atoms with Gasteiger partial charge in [0.15, 0.2) is 0 Å². The van der Waals surface area contributed by atoms with Gasteiger partial charge in [0.2, 0.25) is 0 Å². The number of allylic oxidation sites excluding steroid dienone is 1. The number of ether oxygens (including phenoxy) is 1. The summed E-state index contributed by atoms with van der Waals surface area (Å²) in [4.78, 5) is 22.9. The predicted molar refractivity (Wildman–Crippen MR) is 71.4 cm³/mol. The van der Waals surface area contributed by atoms with E-state index in [0.717, 1.165) is 6.07 Å². The molecular weight excluding hydrogens is 284 g/mol. The lowest BCUT2D eigenvalue weighted by molar-refractivity contribution is -0.139. The summed E-state index contributed by atoms with van der Waals surface area (Å²) < 4.78 is 28.4. The molecule has 0 radical (unpaired) electrons. The lowest BCUT2D eigenvalue weighted by atomic mass is 10.1. The topological polar surface area (TPSA) is 75.6 Å². The van der Waals surface area contributed by atoms with E-state index in [4.69, 9.17) is 5.11 Å². The number of carboxylic acid groups (broad SMARTS) is 1. The van der Waals surface area contributed by atoms with Crippen LogP contribution in [0.2, 0.25) is 0 Å². The van der Waals surface area contributed by atoms with Crippen molar-refractivity contribution in [1.82, 2.24) is 5.32 Å². The SMILES string of the molecule is C/C=C/CC(NC(=O)c1cccc(OC(F)F)c1)C(=O)O. The maximum atomic E-state index is 12.1. The van der Waals surface area contributed by atoms with Crippen LogP contribution in [-0.4, -0.2) is 29.6 Å². The van der Waals surface area contributed by atoms with Gasteiger partial charge in [-0.1, -0.05) is 18.2 Å². The third kappa shape index (κ3) is 5.60. The second kappa shape index (κ2) is 7.98. The lowest BCUT2D eigenvalue weighted by Gasteiger charge is -2.13. The first-order valence-corrected chi connectivity index (χ1v) is 6.13. The monoisotopic (exact) mass is 299 g/mol. The number of carboxylic acids is 1. The largest absolute Gasteiger partial charge is 0.480 e. The van der Waals surface area contributed by atoms with Crippen LogP contribution in [0.4, 0.5) is 8.78 Å². The molecule has 0 spiro atoms. The lowest BCUT2D eigenvalue weighted by Crippen LogP contribution is -2.40. The summed E-state index contributed by atoms with van der Waals surface area (Å²) in [7, 11) is 0. The van der Waals surface area contributed by atoms with Gasteiger partial charge in [-0.2, -0.15) is 8.78 Å². The Morgan fingerprint density at radius 2 is 2.14 bits per heavy atom. The van der Waals surface area contributed by atoms with Crippen LogP contribution in [0.3, 0.4) is 0 Å². The van der Waals surface area contributed by atoms with Gasteiger partial charge in [0.1, 0.15) is 11.8 Å². The zero-order chi connectivity index (χ0) is 15.8. The molecule has 5 nitrogen and oxygen atoms in total. The molecule has 21 heavy (non-hydrogen) atoms. The number of halogens is 2. The summed E-state index contributed by atoms with van der Waals surface area (Å²) in [6.45, 7) is -1.27. The number of alkyl halides is 2. The van der Waals surface area contributed by atoms with E-state index < -0.39 is 24.5 Å². The third-order valence-corrected chi connectivity index (χ3v) is 2.53. The summed E-state index contributed by atoms with van der Waals surface area (Å²) in [5.74, 6) is -2.02. The van der Waals surface area contributed by atoms with Crippen LogP contribution in [-0.2, 0) is 4.79 Å². The molecule has 2 N–H and O–H groups in total. The molecule has 0 fully saturated rings. The Morgan fingerprint density at radius 3 is 2.71 bits per heavy atom. The maximum absolute atomic E-state index is 12.1. The number of benzene rings is 1. The first kappa shape index (κ1) is 16.6. The number of carbonyl (C=O) groups excluding carboxylic acids is 1. The highest BCUT2D eigenvalue weighted by Crippen LogP contribution is 2.16. The molecular formula is C14H15F2NO4. The van der Waals surface area contributed by atoms with Crippen molar-refractivity contribution in [3.8, 4) is 5.75 Å². The summed E-state index contributed by atoms with van der Waals surface area (Å²) in [5, 5.41) is 11.3. The van der Waals surface area contributed by atoms with Crippen molar-refractivity contribution < 1.29 is 28.2 Å². The third-order valence-electron chi connectivity index (χ3n) is 2.53. The average molecular weight is 299 g/mol. The molecule has 1 aromatic carbocycles. The molecule has 0 aromatic heterocycles. The van der Waals surface area contributed by atoms with Gasteiger partial charge in [0.05, 0.1) is 0 Å². The molecule has 0 aliphatic carbocycles.